The highest BCUT2D eigenvalue weighted by atomic mass is 16.4. The van der Waals surface area contributed by atoms with Gasteiger partial charge in [0.2, 0.25) is 0 Å². The molecule has 0 bridgehead atoms. The number of aromatic nitrogens is 1. The summed E-state index contributed by atoms with van der Waals surface area (Å²) >= 11 is 0. The summed E-state index contributed by atoms with van der Waals surface area (Å²) in [6.07, 6.45) is 0.686. The average Bonchev–Trinajstić information content (AvgIpc) is 3.02. The predicted octanol–water partition coefficient (Wildman–Crippen LogP) is 2.23. The maximum atomic E-state index is 12.7. The SMILES string of the molecule is Cc1ccc(C(=O)N2CCc3cc(C(=O)O)ccc32)n1C. The van der Waals surface area contributed by atoms with Crippen LogP contribution in [0.25, 0.3) is 0 Å². The second kappa shape index (κ2) is 4.77. The summed E-state index contributed by atoms with van der Waals surface area (Å²) in [5.41, 5.74) is 3.65. The van der Waals surface area contributed by atoms with Crippen molar-refractivity contribution >= 4 is 17.6 Å². The summed E-state index contributed by atoms with van der Waals surface area (Å²) < 4.78 is 1.87. The molecule has 2 aromatic rings. The van der Waals surface area contributed by atoms with Crippen LogP contribution in [-0.4, -0.2) is 28.1 Å². The molecule has 0 saturated carbocycles. The molecule has 1 aliphatic rings. The Hall–Kier alpha value is -2.56. The van der Waals surface area contributed by atoms with E-state index in [2.05, 4.69) is 0 Å². The number of carbonyl (C=O) groups excluding carboxylic acids is 1. The molecule has 108 valence electrons. The van der Waals surface area contributed by atoms with Crippen LogP contribution in [-0.2, 0) is 13.5 Å². The van der Waals surface area contributed by atoms with Crippen molar-refractivity contribution in [3.8, 4) is 0 Å². The molecule has 1 amide bonds. The summed E-state index contributed by atoms with van der Waals surface area (Å²) in [6.45, 7) is 2.54. The maximum Gasteiger partial charge on any atom is 0.335 e. The van der Waals surface area contributed by atoms with Crippen molar-refractivity contribution in [2.75, 3.05) is 11.4 Å². The van der Waals surface area contributed by atoms with Gasteiger partial charge in [-0.05, 0) is 49.2 Å². The number of carboxylic acid groups (broad SMARTS) is 1. The first-order valence-corrected chi connectivity index (χ1v) is 6.79. The minimum atomic E-state index is -0.944. The lowest BCUT2D eigenvalue weighted by Gasteiger charge is -2.18. The van der Waals surface area contributed by atoms with E-state index in [0.717, 1.165) is 16.9 Å². The quantitative estimate of drug-likeness (QED) is 0.920. The molecule has 0 saturated heterocycles. The zero-order valence-corrected chi connectivity index (χ0v) is 12.0. The highest BCUT2D eigenvalue weighted by Crippen LogP contribution is 2.30. The third-order valence-electron chi connectivity index (χ3n) is 4.06. The lowest BCUT2D eigenvalue weighted by molar-refractivity contribution is 0.0696. The number of benzene rings is 1. The molecular formula is C16H16N2O3. The van der Waals surface area contributed by atoms with Gasteiger partial charge in [-0.1, -0.05) is 0 Å². The molecule has 2 heterocycles. The standard InChI is InChI=1S/C16H16N2O3/c1-10-3-5-14(17(10)2)15(19)18-8-7-11-9-12(16(20)21)4-6-13(11)18/h3-6,9H,7-8H2,1-2H3,(H,20,21). The average molecular weight is 284 g/mol. The smallest absolute Gasteiger partial charge is 0.335 e. The van der Waals surface area contributed by atoms with Crippen molar-refractivity contribution < 1.29 is 14.7 Å². The van der Waals surface area contributed by atoms with Gasteiger partial charge < -0.3 is 14.6 Å². The molecule has 3 rings (SSSR count). The van der Waals surface area contributed by atoms with Crippen molar-refractivity contribution in [2.24, 2.45) is 7.05 Å². The summed E-state index contributed by atoms with van der Waals surface area (Å²) in [5, 5.41) is 9.02. The van der Waals surface area contributed by atoms with Crippen LogP contribution in [0.3, 0.4) is 0 Å². The largest absolute Gasteiger partial charge is 0.478 e. The van der Waals surface area contributed by atoms with E-state index in [1.54, 1.807) is 23.1 Å². The van der Waals surface area contributed by atoms with E-state index in [1.807, 2.05) is 30.7 Å². The Balaban J connectivity index is 1.96. The Morgan fingerprint density at radius 1 is 1.19 bits per heavy atom. The first-order chi connectivity index (χ1) is 9.99. The van der Waals surface area contributed by atoms with Crippen molar-refractivity contribution in [3.63, 3.8) is 0 Å². The zero-order chi connectivity index (χ0) is 15.1. The van der Waals surface area contributed by atoms with Crippen molar-refractivity contribution in [3.05, 3.63) is 52.8 Å². The molecular weight excluding hydrogens is 268 g/mol. The number of carbonyl (C=O) groups is 2. The lowest BCUT2D eigenvalue weighted by atomic mass is 10.1. The normalized spacial score (nSPS) is 13.3. The van der Waals surface area contributed by atoms with Gasteiger partial charge in [0.25, 0.3) is 5.91 Å². The minimum absolute atomic E-state index is 0.0487. The first-order valence-electron chi connectivity index (χ1n) is 6.79. The van der Waals surface area contributed by atoms with Crippen molar-refractivity contribution in [1.82, 2.24) is 4.57 Å². The molecule has 1 N–H and O–H groups in total. The molecule has 0 atom stereocenters. The van der Waals surface area contributed by atoms with Crippen LogP contribution in [0.5, 0.6) is 0 Å². The van der Waals surface area contributed by atoms with Gasteiger partial charge in [-0.3, -0.25) is 4.79 Å². The monoisotopic (exact) mass is 284 g/mol. The zero-order valence-electron chi connectivity index (χ0n) is 12.0. The number of hydrogen-bond donors (Lipinski definition) is 1. The molecule has 21 heavy (non-hydrogen) atoms. The topological polar surface area (TPSA) is 62.5 Å². The Bertz CT molecular complexity index is 746. The molecule has 0 aliphatic carbocycles. The Morgan fingerprint density at radius 3 is 2.57 bits per heavy atom. The molecule has 5 heteroatoms. The van der Waals surface area contributed by atoms with Gasteiger partial charge in [-0.2, -0.15) is 0 Å². The van der Waals surface area contributed by atoms with Gasteiger partial charge >= 0.3 is 5.97 Å². The molecule has 0 unspecified atom stereocenters. The van der Waals surface area contributed by atoms with E-state index in [9.17, 15) is 9.59 Å². The molecule has 5 nitrogen and oxygen atoms in total. The third-order valence-corrected chi connectivity index (χ3v) is 4.06. The van der Waals surface area contributed by atoms with Gasteiger partial charge in [-0.25, -0.2) is 4.79 Å². The van der Waals surface area contributed by atoms with Crippen LogP contribution in [0.15, 0.2) is 30.3 Å². The first kappa shape index (κ1) is 13.4. The number of anilines is 1. The van der Waals surface area contributed by atoms with E-state index in [1.165, 1.54) is 0 Å². The highest BCUT2D eigenvalue weighted by molar-refractivity contribution is 6.06. The summed E-state index contributed by atoms with van der Waals surface area (Å²) in [7, 11) is 1.87. The van der Waals surface area contributed by atoms with Gasteiger partial charge in [0.05, 0.1) is 5.56 Å². The predicted molar refractivity (Wildman–Crippen MR) is 78.9 cm³/mol. The Morgan fingerprint density at radius 2 is 1.95 bits per heavy atom. The van der Waals surface area contributed by atoms with Crippen LogP contribution in [0, 0.1) is 6.92 Å². The highest BCUT2D eigenvalue weighted by Gasteiger charge is 2.27. The molecule has 0 spiro atoms. The number of fused-ring (bicyclic) bond motifs is 1. The number of aryl methyl sites for hydroxylation is 1. The van der Waals surface area contributed by atoms with Gasteiger partial charge in [0, 0.05) is 25.0 Å². The number of rotatable bonds is 2. The van der Waals surface area contributed by atoms with E-state index in [4.69, 9.17) is 5.11 Å². The van der Waals surface area contributed by atoms with E-state index in [0.29, 0.717) is 18.7 Å². The second-order valence-electron chi connectivity index (χ2n) is 5.27. The fourth-order valence-electron chi connectivity index (χ4n) is 2.71. The minimum Gasteiger partial charge on any atom is -0.478 e. The number of amides is 1. The maximum absolute atomic E-state index is 12.7. The number of nitrogens with zero attached hydrogens (tertiary/aromatic N) is 2. The number of aromatic carboxylic acids is 1. The fraction of sp³-hybridized carbons (Fsp3) is 0.250. The molecule has 1 aromatic carbocycles. The molecule has 0 radical (unpaired) electrons. The van der Waals surface area contributed by atoms with Crippen LogP contribution in [0.1, 0.15) is 32.1 Å². The molecule has 1 aliphatic heterocycles. The van der Waals surface area contributed by atoms with Crippen LogP contribution >= 0.6 is 0 Å². The lowest BCUT2D eigenvalue weighted by Crippen LogP contribution is -2.30. The van der Waals surface area contributed by atoms with E-state index in [-0.39, 0.29) is 11.5 Å². The molecule has 1 aromatic heterocycles. The van der Waals surface area contributed by atoms with Crippen molar-refractivity contribution in [2.45, 2.75) is 13.3 Å². The fourth-order valence-corrected chi connectivity index (χ4v) is 2.71. The van der Waals surface area contributed by atoms with Gasteiger partial charge in [0.15, 0.2) is 0 Å². The summed E-state index contributed by atoms with van der Waals surface area (Å²) in [6, 6.07) is 8.66. The van der Waals surface area contributed by atoms with Crippen LogP contribution in [0.4, 0.5) is 5.69 Å². The summed E-state index contributed by atoms with van der Waals surface area (Å²) in [5.74, 6) is -0.993. The van der Waals surface area contributed by atoms with Crippen molar-refractivity contribution in [1.29, 1.82) is 0 Å². The van der Waals surface area contributed by atoms with Crippen LogP contribution in [0.2, 0.25) is 0 Å². The number of hydrogen-bond acceptors (Lipinski definition) is 2. The second-order valence-corrected chi connectivity index (χ2v) is 5.27. The third kappa shape index (κ3) is 2.11. The molecule has 0 fully saturated rings. The Kier molecular flexibility index (Phi) is 3.05. The number of carboxylic acids is 1. The van der Waals surface area contributed by atoms with E-state index >= 15 is 0 Å². The van der Waals surface area contributed by atoms with Gasteiger partial charge in [0.1, 0.15) is 5.69 Å². The van der Waals surface area contributed by atoms with Crippen LogP contribution < -0.4 is 4.90 Å². The summed E-state index contributed by atoms with van der Waals surface area (Å²) in [4.78, 5) is 25.4. The van der Waals surface area contributed by atoms with E-state index < -0.39 is 5.97 Å². The Labute approximate surface area is 122 Å². The van der Waals surface area contributed by atoms with Gasteiger partial charge in [-0.15, -0.1) is 0 Å².